The molecule has 3 rings (SSSR count). The number of carbonyl (C=O) groups is 1. The van der Waals surface area contributed by atoms with E-state index in [1.807, 2.05) is 36.4 Å². The summed E-state index contributed by atoms with van der Waals surface area (Å²) in [5.41, 5.74) is 2.28. The van der Waals surface area contributed by atoms with Crippen molar-refractivity contribution in [2.24, 2.45) is 0 Å². The van der Waals surface area contributed by atoms with E-state index < -0.39 is 12.3 Å². The van der Waals surface area contributed by atoms with Gasteiger partial charge in [-0.1, -0.05) is 60.7 Å². The summed E-state index contributed by atoms with van der Waals surface area (Å²) in [5.74, 6) is -1.09. The number of rotatable bonds is 5. The van der Waals surface area contributed by atoms with E-state index in [4.69, 9.17) is 14.6 Å². The Kier molecular flexibility index (Phi) is 7.04. The third kappa shape index (κ3) is 4.70. The standard InChI is InChI=1S/C18H19NO4.Li.H/c20-17(21)18-22-11-15(12-23-18)19-16(13-7-3-1-4-8-13)14-9-5-2-6-10-14;;/h1-10,15-16,18-19H,11-12H2,(H,20,21);;/q;+1;-1. The zero-order valence-electron chi connectivity index (χ0n) is 14.6. The summed E-state index contributed by atoms with van der Waals surface area (Å²) < 4.78 is 10.5. The minimum atomic E-state index is -1.17. The van der Waals surface area contributed by atoms with Gasteiger partial charge in [0.1, 0.15) is 0 Å². The minimum absolute atomic E-state index is 0. The Morgan fingerprint density at radius 2 is 1.46 bits per heavy atom. The average Bonchev–Trinajstić information content (AvgIpc) is 2.61. The summed E-state index contributed by atoms with van der Waals surface area (Å²) in [7, 11) is 0. The van der Waals surface area contributed by atoms with E-state index in [2.05, 4.69) is 29.6 Å². The second kappa shape index (κ2) is 9.02. The van der Waals surface area contributed by atoms with Crippen LogP contribution < -0.4 is 24.2 Å². The van der Waals surface area contributed by atoms with E-state index in [0.717, 1.165) is 11.1 Å². The molecule has 0 radical (unpaired) electrons. The van der Waals surface area contributed by atoms with Gasteiger partial charge >= 0.3 is 24.8 Å². The Balaban J connectivity index is 0.00000156. The van der Waals surface area contributed by atoms with Crippen LogP contribution in [0.2, 0.25) is 0 Å². The Labute approximate surface area is 154 Å². The van der Waals surface area contributed by atoms with Crippen LogP contribution in [-0.4, -0.2) is 36.6 Å². The third-order valence-corrected chi connectivity index (χ3v) is 3.77. The number of hydrogen-bond acceptors (Lipinski definition) is 4. The molecule has 0 atom stereocenters. The predicted molar refractivity (Wildman–Crippen MR) is 86.1 cm³/mol. The van der Waals surface area contributed by atoms with Crippen molar-refractivity contribution in [3.63, 3.8) is 0 Å². The van der Waals surface area contributed by atoms with Crippen LogP contribution in [0.1, 0.15) is 18.6 Å². The minimum Gasteiger partial charge on any atom is -1.00 e. The molecule has 1 heterocycles. The van der Waals surface area contributed by atoms with Gasteiger partial charge in [-0.05, 0) is 11.1 Å². The molecule has 0 unspecified atom stereocenters. The van der Waals surface area contributed by atoms with Crippen LogP contribution >= 0.6 is 0 Å². The van der Waals surface area contributed by atoms with Crippen LogP contribution in [0.4, 0.5) is 0 Å². The van der Waals surface area contributed by atoms with Crippen molar-refractivity contribution >= 4 is 5.97 Å². The van der Waals surface area contributed by atoms with E-state index in [-0.39, 0.29) is 32.4 Å². The van der Waals surface area contributed by atoms with Crippen molar-refractivity contribution in [1.82, 2.24) is 5.32 Å². The molecule has 0 amide bonds. The Bertz CT molecular complexity index is 597. The van der Waals surface area contributed by atoms with Crippen LogP contribution in [0, 0.1) is 0 Å². The van der Waals surface area contributed by atoms with Gasteiger partial charge in [0, 0.05) is 0 Å². The molecule has 2 aromatic rings. The number of carboxylic acid groups (broad SMARTS) is 1. The van der Waals surface area contributed by atoms with E-state index >= 15 is 0 Å². The van der Waals surface area contributed by atoms with Crippen molar-refractivity contribution < 1.29 is 39.7 Å². The molecule has 2 aromatic carbocycles. The molecule has 0 saturated carbocycles. The number of carboxylic acids is 1. The summed E-state index contributed by atoms with van der Waals surface area (Å²) in [5, 5.41) is 12.4. The van der Waals surface area contributed by atoms with Gasteiger partial charge in [0.05, 0.1) is 25.3 Å². The second-order valence-corrected chi connectivity index (χ2v) is 5.45. The molecule has 1 saturated heterocycles. The van der Waals surface area contributed by atoms with Crippen molar-refractivity contribution in [3.05, 3.63) is 71.8 Å². The molecule has 0 aliphatic carbocycles. The molecule has 1 fully saturated rings. The van der Waals surface area contributed by atoms with Crippen molar-refractivity contribution in [2.45, 2.75) is 18.4 Å². The number of nitrogens with one attached hydrogen (secondary N) is 1. The first-order chi connectivity index (χ1) is 11.2. The van der Waals surface area contributed by atoms with Crippen molar-refractivity contribution in [2.75, 3.05) is 13.2 Å². The quantitative estimate of drug-likeness (QED) is 0.714. The molecule has 0 bridgehead atoms. The van der Waals surface area contributed by atoms with E-state index in [0.29, 0.717) is 13.2 Å². The molecule has 5 nitrogen and oxygen atoms in total. The SMILES string of the molecule is O=C(O)C1OCC(NC(c2ccccc2)c2ccccc2)CO1.[H-].[Li+]. The number of hydrogen-bond donors (Lipinski definition) is 2. The predicted octanol–water partition coefficient (Wildman–Crippen LogP) is -0.692. The van der Waals surface area contributed by atoms with E-state index in [1.165, 1.54) is 0 Å². The maximum Gasteiger partial charge on any atom is 1.00 e. The van der Waals surface area contributed by atoms with Crippen LogP contribution in [0.25, 0.3) is 0 Å². The normalized spacial score (nSPS) is 20.4. The van der Waals surface area contributed by atoms with E-state index in [1.54, 1.807) is 0 Å². The summed E-state index contributed by atoms with van der Waals surface area (Å²) in [6.45, 7) is 0.597. The smallest absolute Gasteiger partial charge is 1.00 e. The first-order valence-electron chi connectivity index (χ1n) is 7.56. The van der Waals surface area contributed by atoms with Crippen molar-refractivity contribution in [1.29, 1.82) is 0 Å². The number of ether oxygens (including phenoxy) is 2. The van der Waals surface area contributed by atoms with Crippen LogP contribution in [0.15, 0.2) is 60.7 Å². The molecule has 122 valence electrons. The fourth-order valence-electron chi connectivity index (χ4n) is 2.65. The first kappa shape index (κ1) is 18.7. The fraction of sp³-hybridized carbons (Fsp3) is 0.278. The Morgan fingerprint density at radius 1 is 1.00 bits per heavy atom. The average molecular weight is 321 g/mol. The van der Waals surface area contributed by atoms with Gasteiger partial charge < -0.3 is 16.0 Å². The van der Waals surface area contributed by atoms with Gasteiger partial charge in [-0.2, -0.15) is 0 Å². The summed E-state index contributed by atoms with van der Waals surface area (Å²) in [6, 6.07) is 20.2. The number of benzene rings is 2. The Hall–Kier alpha value is -1.61. The maximum atomic E-state index is 10.9. The second-order valence-electron chi connectivity index (χ2n) is 5.45. The Morgan fingerprint density at radius 3 is 1.88 bits per heavy atom. The topological polar surface area (TPSA) is 67.8 Å². The van der Waals surface area contributed by atoms with Crippen molar-refractivity contribution in [3.8, 4) is 0 Å². The van der Waals surface area contributed by atoms with Gasteiger partial charge in [-0.25, -0.2) is 4.79 Å². The van der Waals surface area contributed by atoms with E-state index in [9.17, 15) is 4.79 Å². The van der Waals surface area contributed by atoms with Crippen LogP contribution in [0.5, 0.6) is 0 Å². The largest absolute Gasteiger partial charge is 1.00 e. The van der Waals surface area contributed by atoms with Gasteiger partial charge in [-0.3, -0.25) is 5.32 Å². The molecule has 6 heteroatoms. The number of aliphatic carboxylic acids is 1. The molecule has 1 aliphatic heterocycles. The first-order valence-corrected chi connectivity index (χ1v) is 7.56. The molecule has 2 N–H and O–H groups in total. The van der Waals surface area contributed by atoms with Crippen LogP contribution in [-0.2, 0) is 14.3 Å². The van der Waals surface area contributed by atoms with Gasteiger partial charge in [0.25, 0.3) is 6.29 Å². The fourth-order valence-corrected chi connectivity index (χ4v) is 2.65. The van der Waals surface area contributed by atoms with Gasteiger partial charge in [-0.15, -0.1) is 0 Å². The van der Waals surface area contributed by atoms with Gasteiger partial charge in [0.15, 0.2) is 0 Å². The molecule has 1 aliphatic rings. The molecular formula is C18H20LiNO4. The molecular weight excluding hydrogens is 301 g/mol. The molecule has 24 heavy (non-hydrogen) atoms. The zero-order chi connectivity index (χ0) is 16.1. The summed E-state index contributed by atoms with van der Waals surface area (Å²) in [4.78, 5) is 10.9. The van der Waals surface area contributed by atoms with Gasteiger partial charge in [0.2, 0.25) is 0 Å². The molecule has 0 aromatic heterocycles. The summed E-state index contributed by atoms with van der Waals surface area (Å²) >= 11 is 0. The summed E-state index contributed by atoms with van der Waals surface area (Å²) in [6.07, 6.45) is -1.17. The third-order valence-electron chi connectivity index (χ3n) is 3.77. The maximum absolute atomic E-state index is 10.9. The van der Waals surface area contributed by atoms with Crippen LogP contribution in [0.3, 0.4) is 0 Å². The monoisotopic (exact) mass is 321 g/mol. The molecule has 0 spiro atoms. The zero-order valence-corrected chi connectivity index (χ0v) is 13.6.